The summed E-state index contributed by atoms with van der Waals surface area (Å²) < 4.78 is 0. The third kappa shape index (κ3) is 4.01. The lowest BCUT2D eigenvalue weighted by Gasteiger charge is -2.38. The molecule has 4 aliphatic rings. The Morgan fingerprint density at radius 1 is 1.28 bits per heavy atom. The number of hydrogen-bond acceptors (Lipinski definition) is 2. The monoisotopic (exact) mass is 412 g/mol. The highest BCUT2D eigenvalue weighted by Crippen LogP contribution is 2.58. The fraction of sp³-hybridized carbons (Fsp3) is 0.640. The van der Waals surface area contributed by atoms with E-state index in [0.29, 0.717) is 23.0 Å². The maximum absolute atomic E-state index is 13.0. The lowest BCUT2D eigenvalue weighted by Crippen LogP contribution is -2.37. The summed E-state index contributed by atoms with van der Waals surface area (Å²) in [5.41, 5.74) is 3.60. The second-order valence-electron chi connectivity index (χ2n) is 10.4. The first-order chi connectivity index (χ1) is 14.0. The third-order valence-electron chi connectivity index (χ3n) is 7.97. The summed E-state index contributed by atoms with van der Waals surface area (Å²) in [6.07, 6.45) is 11.2. The van der Waals surface area contributed by atoms with Gasteiger partial charge in [0.25, 0.3) is 5.91 Å². The number of nitrogens with one attached hydrogen (secondary N) is 2. The lowest BCUT2D eigenvalue weighted by atomic mass is 9.67. The Bertz CT molecular complexity index is 828. The van der Waals surface area contributed by atoms with Crippen molar-refractivity contribution in [3.63, 3.8) is 0 Å². The van der Waals surface area contributed by atoms with E-state index >= 15 is 0 Å². The molecule has 0 radical (unpaired) electrons. The summed E-state index contributed by atoms with van der Waals surface area (Å²) in [6, 6.07) is 6.00. The molecule has 29 heavy (non-hydrogen) atoms. The fourth-order valence-corrected chi connectivity index (χ4v) is 6.71. The van der Waals surface area contributed by atoms with Crippen molar-refractivity contribution in [2.24, 2.45) is 29.1 Å². The molecule has 1 amide bonds. The molecule has 1 heterocycles. The first-order valence-electron chi connectivity index (χ1n) is 11.5. The van der Waals surface area contributed by atoms with Gasteiger partial charge in [0.15, 0.2) is 0 Å². The smallest absolute Gasteiger partial charge is 0.252 e. The van der Waals surface area contributed by atoms with Crippen molar-refractivity contribution in [1.29, 1.82) is 0 Å². The van der Waals surface area contributed by atoms with Crippen LogP contribution in [0.25, 0.3) is 0 Å². The minimum atomic E-state index is -0.0253. The Kier molecular flexibility index (Phi) is 5.24. The maximum Gasteiger partial charge on any atom is 0.252 e. The highest BCUT2D eigenvalue weighted by Gasteiger charge is 2.48. The van der Waals surface area contributed by atoms with Gasteiger partial charge in [-0.15, -0.1) is 0 Å². The van der Waals surface area contributed by atoms with Crippen molar-refractivity contribution in [3.05, 3.63) is 46.0 Å². The van der Waals surface area contributed by atoms with Gasteiger partial charge >= 0.3 is 0 Å². The van der Waals surface area contributed by atoms with E-state index < -0.39 is 0 Å². The fourth-order valence-electron chi connectivity index (χ4n) is 6.51. The Morgan fingerprint density at radius 3 is 2.93 bits per heavy atom. The van der Waals surface area contributed by atoms with Crippen LogP contribution >= 0.6 is 11.6 Å². The average molecular weight is 413 g/mol. The average Bonchev–Trinajstić information content (AvgIpc) is 2.96. The van der Waals surface area contributed by atoms with Crippen LogP contribution in [0.1, 0.15) is 61.4 Å². The molecule has 2 saturated carbocycles. The molecular weight excluding hydrogens is 380 g/mol. The number of amides is 1. The van der Waals surface area contributed by atoms with Gasteiger partial charge in [-0.2, -0.15) is 0 Å². The number of benzene rings is 1. The minimum Gasteiger partial charge on any atom is -0.351 e. The number of hydrogen-bond donors (Lipinski definition) is 2. The molecule has 0 spiro atoms. The molecule has 2 N–H and O–H groups in total. The van der Waals surface area contributed by atoms with Crippen LogP contribution in [-0.4, -0.2) is 25.5 Å². The largest absolute Gasteiger partial charge is 0.351 e. The van der Waals surface area contributed by atoms with E-state index in [4.69, 9.17) is 11.6 Å². The van der Waals surface area contributed by atoms with Crippen LogP contribution in [0.3, 0.4) is 0 Å². The summed E-state index contributed by atoms with van der Waals surface area (Å²) in [4.78, 5) is 13.0. The standard InChI is InChI=1S/C25H33ClN2O/c1-25(13-18-9-19-12-20(14-25)21(19)11-18)15-28-24(29)22-10-17(2-3-23(22)26)8-16-4-6-27-7-5-16/h2-3,10,14,16,18-19,21,27H,4-9,11-13,15H2,1H3,(H,28,29). The second kappa shape index (κ2) is 7.74. The van der Waals surface area contributed by atoms with E-state index in [2.05, 4.69) is 29.7 Å². The molecule has 5 rings (SSSR count). The van der Waals surface area contributed by atoms with Crippen molar-refractivity contribution < 1.29 is 4.79 Å². The van der Waals surface area contributed by atoms with E-state index in [1.807, 2.05) is 12.1 Å². The van der Waals surface area contributed by atoms with Crippen molar-refractivity contribution in [2.45, 2.75) is 51.9 Å². The lowest BCUT2D eigenvalue weighted by molar-refractivity contribution is 0.0936. The molecule has 1 aromatic carbocycles. The number of fused-ring (bicyclic) bond motifs is 1. The van der Waals surface area contributed by atoms with Gasteiger partial charge in [-0.25, -0.2) is 0 Å². The van der Waals surface area contributed by atoms with Crippen LogP contribution in [0.5, 0.6) is 0 Å². The number of rotatable bonds is 5. The zero-order valence-electron chi connectivity index (χ0n) is 17.5. The minimum absolute atomic E-state index is 0.0253. The Hall–Kier alpha value is -1.32. The van der Waals surface area contributed by atoms with Crippen molar-refractivity contribution in [3.8, 4) is 0 Å². The molecule has 1 aliphatic heterocycles. The van der Waals surface area contributed by atoms with Crippen LogP contribution in [0.4, 0.5) is 0 Å². The Morgan fingerprint density at radius 2 is 2.10 bits per heavy atom. The molecule has 0 aromatic heterocycles. The predicted molar refractivity (Wildman–Crippen MR) is 118 cm³/mol. The molecular formula is C25H33ClN2O. The van der Waals surface area contributed by atoms with E-state index in [9.17, 15) is 4.79 Å². The quantitative estimate of drug-likeness (QED) is 0.668. The number of halogens is 1. The number of piperidine rings is 1. The molecule has 2 bridgehead atoms. The third-order valence-corrected chi connectivity index (χ3v) is 8.30. The van der Waals surface area contributed by atoms with Crippen LogP contribution in [-0.2, 0) is 6.42 Å². The van der Waals surface area contributed by atoms with Crippen molar-refractivity contribution in [1.82, 2.24) is 10.6 Å². The number of allylic oxidation sites excluding steroid dienone is 1. The van der Waals surface area contributed by atoms with Crippen LogP contribution in [0.2, 0.25) is 5.02 Å². The summed E-state index contributed by atoms with van der Waals surface area (Å²) in [5.74, 6) is 3.33. The van der Waals surface area contributed by atoms with Crippen molar-refractivity contribution in [2.75, 3.05) is 19.6 Å². The van der Waals surface area contributed by atoms with Gasteiger partial charge in [-0.1, -0.05) is 36.2 Å². The highest BCUT2D eigenvalue weighted by atomic mass is 35.5. The van der Waals surface area contributed by atoms with Gasteiger partial charge in [0.1, 0.15) is 0 Å². The molecule has 1 saturated heterocycles. The SMILES string of the molecule is CC1(CNC(=O)c2cc(CC3CCNCC3)ccc2Cl)C=C2CC3CC(CC23)C1. The van der Waals surface area contributed by atoms with Crippen molar-refractivity contribution >= 4 is 17.5 Å². The van der Waals surface area contributed by atoms with Gasteiger partial charge in [-0.05, 0) is 99.4 Å². The number of carbonyl (C=O) groups is 1. The van der Waals surface area contributed by atoms with Gasteiger partial charge in [-0.3, -0.25) is 4.79 Å². The Labute approximate surface area is 179 Å². The molecule has 4 atom stereocenters. The first-order valence-corrected chi connectivity index (χ1v) is 11.9. The van der Waals surface area contributed by atoms with Gasteiger partial charge in [0.05, 0.1) is 10.6 Å². The van der Waals surface area contributed by atoms with Crippen LogP contribution in [0.15, 0.2) is 29.8 Å². The summed E-state index contributed by atoms with van der Waals surface area (Å²) in [5, 5.41) is 7.21. The van der Waals surface area contributed by atoms with Gasteiger partial charge < -0.3 is 10.6 Å². The van der Waals surface area contributed by atoms with E-state index in [-0.39, 0.29) is 11.3 Å². The molecule has 1 aromatic rings. The Balaban J connectivity index is 1.25. The van der Waals surface area contributed by atoms with E-state index in [0.717, 1.165) is 37.3 Å². The van der Waals surface area contributed by atoms with Gasteiger partial charge in [0.2, 0.25) is 0 Å². The summed E-state index contributed by atoms with van der Waals surface area (Å²) in [6.45, 7) is 5.23. The molecule has 3 nitrogen and oxygen atoms in total. The summed E-state index contributed by atoms with van der Waals surface area (Å²) >= 11 is 6.41. The molecule has 4 heteroatoms. The highest BCUT2D eigenvalue weighted by molar-refractivity contribution is 6.33. The molecule has 4 unspecified atom stereocenters. The second-order valence-corrected chi connectivity index (χ2v) is 10.8. The predicted octanol–water partition coefficient (Wildman–Crippen LogP) is 4.99. The zero-order chi connectivity index (χ0) is 20.0. The summed E-state index contributed by atoms with van der Waals surface area (Å²) in [7, 11) is 0. The first kappa shape index (κ1) is 19.6. The van der Waals surface area contributed by atoms with Gasteiger partial charge in [0, 0.05) is 12.0 Å². The topological polar surface area (TPSA) is 41.1 Å². The van der Waals surface area contributed by atoms with E-state index in [1.54, 1.807) is 5.57 Å². The molecule has 156 valence electrons. The zero-order valence-corrected chi connectivity index (χ0v) is 18.2. The normalized spacial score (nSPS) is 33.6. The van der Waals surface area contributed by atoms with Crippen LogP contribution < -0.4 is 10.6 Å². The number of carbonyl (C=O) groups excluding carboxylic acids is 1. The molecule has 3 fully saturated rings. The van der Waals surface area contributed by atoms with Crippen LogP contribution in [0, 0.1) is 29.1 Å². The molecule has 3 aliphatic carbocycles. The van der Waals surface area contributed by atoms with E-state index in [1.165, 1.54) is 44.1 Å². The maximum atomic E-state index is 13.0.